The van der Waals surface area contributed by atoms with Crippen LogP contribution in [0.15, 0.2) is 0 Å². The van der Waals surface area contributed by atoms with E-state index in [-0.39, 0.29) is 0 Å². The Balaban J connectivity index is 2.17. The molecule has 1 rings (SSSR count). The molecule has 1 atom stereocenters. The van der Waals surface area contributed by atoms with Crippen LogP contribution < -0.4 is 5.32 Å². The first-order valence-electron chi connectivity index (χ1n) is 4.50. The van der Waals surface area contributed by atoms with Crippen molar-refractivity contribution in [3.8, 4) is 0 Å². The average molecular weight is 141 g/mol. The van der Waals surface area contributed by atoms with E-state index < -0.39 is 0 Å². The summed E-state index contributed by atoms with van der Waals surface area (Å²) in [6.07, 6.45) is 4.08. The molecular formula is C9H19N. The molecule has 0 heterocycles. The van der Waals surface area contributed by atoms with Gasteiger partial charge in [-0.05, 0) is 25.2 Å². The van der Waals surface area contributed by atoms with Gasteiger partial charge in [0.25, 0.3) is 0 Å². The summed E-state index contributed by atoms with van der Waals surface area (Å²) in [5, 5.41) is 3.64. The Hall–Kier alpha value is -0.0400. The molecule has 0 saturated heterocycles. The molecule has 0 radical (unpaired) electrons. The lowest BCUT2D eigenvalue weighted by molar-refractivity contribution is 0.386. The van der Waals surface area contributed by atoms with Gasteiger partial charge in [-0.1, -0.05) is 20.8 Å². The molecule has 0 bridgehead atoms. The van der Waals surface area contributed by atoms with Crippen molar-refractivity contribution in [2.45, 2.75) is 52.1 Å². The highest BCUT2D eigenvalue weighted by molar-refractivity contribution is 4.85. The minimum absolute atomic E-state index is 0.757. The SMILES string of the molecule is CCC(NC1CC1)C(C)C. The van der Waals surface area contributed by atoms with Crippen molar-refractivity contribution in [2.75, 3.05) is 0 Å². The summed E-state index contributed by atoms with van der Waals surface area (Å²) in [5.74, 6) is 0.797. The fourth-order valence-corrected chi connectivity index (χ4v) is 1.33. The molecule has 0 spiro atoms. The van der Waals surface area contributed by atoms with E-state index in [1.807, 2.05) is 0 Å². The Bertz CT molecular complexity index is 94.9. The van der Waals surface area contributed by atoms with E-state index in [2.05, 4.69) is 26.1 Å². The summed E-state index contributed by atoms with van der Waals surface area (Å²) in [6, 6.07) is 1.62. The monoisotopic (exact) mass is 141 g/mol. The maximum Gasteiger partial charge on any atom is 0.00900 e. The highest BCUT2D eigenvalue weighted by atomic mass is 15.0. The minimum atomic E-state index is 0.757. The zero-order valence-corrected chi connectivity index (χ0v) is 7.35. The van der Waals surface area contributed by atoms with E-state index in [4.69, 9.17) is 0 Å². The Morgan fingerprint density at radius 3 is 2.30 bits per heavy atom. The molecule has 0 aromatic rings. The molecule has 1 heteroatoms. The average Bonchev–Trinajstić information content (AvgIpc) is 2.64. The van der Waals surface area contributed by atoms with Gasteiger partial charge in [0.2, 0.25) is 0 Å². The fourth-order valence-electron chi connectivity index (χ4n) is 1.33. The van der Waals surface area contributed by atoms with Crippen LogP contribution in [-0.4, -0.2) is 12.1 Å². The first-order chi connectivity index (χ1) is 4.74. The number of hydrogen-bond donors (Lipinski definition) is 1. The predicted molar refractivity (Wildman–Crippen MR) is 45.1 cm³/mol. The predicted octanol–water partition coefficient (Wildman–Crippen LogP) is 2.17. The van der Waals surface area contributed by atoms with E-state index in [1.54, 1.807) is 0 Å². The van der Waals surface area contributed by atoms with Crippen molar-refractivity contribution in [1.82, 2.24) is 5.32 Å². The van der Waals surface area contributed by atoms with Crippen LogP contribution in [-0.2, 0) is 0 Å². The third-order valence-electron chi connectivity index (χ3n) is 2.27. The Labute approximate surface area is 64.2 Å². The largest absolute Gasteiger partial charge is 0.311 e. The molecule has 10 heavy (non-hydrogen) atoms. The third-order valence-corrected chi connectivity index (χ3v) is 2.27. The molecule has 1 unspecified atom stereocenters. The summed E-state index contributed by atoms with van der Waals surface area (Å²) >= 11 is 0. The van der Waals surface area contributed by atoms with E-state index in [1.165, 1.54) is 19.3 Å². The zero-order valence-electron chi connectivity index (χ0n) is 7.35. The van der Waals surface area contributed by atoms with E-state index >= 15 is 0 Å². The second kappa shape index (κ2) is 3.38. The van der Waals surface area contributed by atoms with Crippen molar-refractivity contribution in [3.05, 3.63) is 0 Å². The molecule has 0 aromatic carbocycles. The van der Waals surface area contributed by atoms with Crippen LogP contribution in [0.1, 0.15) is 40.0 Å². The summed E-state index contributed by atoms with van der Waals surface area (Å²) in [4.78, 5) is 0. The van der Waals surface area contributed by atoms with Crippen LogP contribution in [0.25, 0.3) is 0 Å². The van der Waals surface area contributed by atoms with Crippen LogP contribution in [0.2, 0.25) is 0 Å². The Morgan fingerprint density at radius 2 is 2.00 bits per heavy atom. The van der Waals surface area contributed by atoms with Crippen molar-refractivity contribution in [3.63, 3.8) is 0 Å². The van der Waals surface area contributed by atoms with E-state index in [0.717, 1.165) is 18.0 Å². The fraction of sp³-hybridized carbons (Fsp3) is 1.00. The molecule has 1 N–H and O–H groups in total. The molecule has 1 saturated carbocycles. The van der Waals surface area contributed by atoms with Gasteiger partial charge in [0.05, 0.1) is 0 Å². The number of nitrogens with one attached hydrogen (secondary N) is 1. The van der Waals surface area contributed by atoms with Crippen LogP contribution in [0.3, 0.4) is 0 Å². The Morgan fingerprint density at radius 1 is 1.40 bits per heavy atom. The van der Waals surface area contributed by atoms with Gasteiger partial charge in [0.1, 0.15) is 0 Å². The molecule has 0 aliphatic heterocycles. The van der Waals surface area contributed by atoms with Crippen molar-refractivity contribution in [1.29, 1.82) is 0 Å². The molecule has 1 aliphatic carbocycles. The standard InChI is InChI=1S/C9H19N/c1-4-9(7(2)3)10-8-5-6-8/h7-10H,4-6H2,1-3H3. The first kappa shape index (κ1) is 8.06. The van der Waals surface area contributed by atoms with Gasteiger partial charge in [-0.2, -0.15) is 0 Å². The van der Waals surface area contributed by atoms with Gasteiger partial charge < -0.3 is 5.32 Å². The number of rotatable bonds is 4. The zero-order chi connectivity index (χ0) is 7.56. The minimum Gasteiger partial charge on any atom is -0.311 e. The smallest absolute Gasteiger partial charge is 0.00900 e. The lowest BCUT2D eigenvalue weighted by Gasteiger charge is -2.20. The summed E-state index contributed by atoms with van der Waals surface area (Å²) in [7, 11) is 0. The van der Waals surface area contributed by atoms with Crippen LogP contribution in [0.4, 0.5) is 0 Å². The van der Waals surface area contributed by atoms with Gasteiger partial charge in [-0.15, -0.1) is 0 Å². The topological polar surface area (TPSA) is 12.0 Å². The molecule has 1 nitrogen and oxygen atoms in total. The van der Waals surface area contributed by atoms with Gasteiger partial charge in [0, 0.05) is 12.1 Å². The Kier molecular flexibility index (Phi) is 2.72. The molecule has 1 aliphatic rings. The first-order valence-corrected chi connectivity index (χ1v) is 4.50. The highest BCUT2D eigenvalue weighted by Crippen LogP contribution is 2.21. The van der Waals surface area contributed by atoms with Gasteiger partial charge in [-0.3, -0.25) is 0 Å². The third kappa shape index (κ3) is 2.30. The quantitative estimate of drug-likeness (QED) is 0.632. The normalized spacial score (nSPS) is 21.6. The number of hydrogen-bond acceptors (Lipinski definition) is 1. The van der Waals surface area contributed by atoms with Gasteiger partial charge in [-0.25, -0.2) is 0 Å². The molecule has 1 fully saturated rings. The second-order valence-corrected chi connectivity index (χ2v) is 3.70. The van der Waals surface area contributed by atoms with Crippen molar-refractivity contribution >= 4 is 0 Å². The van der Waals surface area contributed by atoms with Gasteiger partial charge in [0.15, 0.2) is 0 Å². The van der Waals surface area contributed by atoms with E-state index in [9.17, 15) is 0 Å². The second-order valence-electron chi connectivity index (χ2n) is 3.70. The summed E-state index contributed by atoms with van der Waals surface area (Å²) in [5.41, 5.74) is 0. The summed E-state index contributed by atoms with van der Waals surface area (Å²) in [6.45, 7) is 6.85. The lowest BCUT2D eigenvalue weighted by Crippen LogP contribution is -2.34. The molecular weight excluding hydrogens is 122 g/mol. The highest BCUT2D eigenvalue weighted by Gasteiger charge is 2.24. The maximum absolute atomic E-state index is 3.64. The summed E-state index contributed by atoms with van der Waals surface area (Å²) < 4.78 is 0. The van der Waals surface area contributed by atoms with Crippen LogP contribution >= 0.6 is 0 Å². The van der Waals surface area contributed by atoms with Crippen LogP contribution in [0.5, 0.6) is 0 Å². The molecule has 0 aromatic heterocycles. The van der Waals surface area contributed by atoms with Crippen LogP contribution in [0, 0.1) is 5.92 Å². The van der Waals surface area contributed by atoms with E-state index in [0.29, 0.717) is 0 Å². The van der Waals surface area contributed by atoms with Gasteiger partial charge >= 0.3 is 0 Å². The van der Waals surface area contributed by atoms with Crippen molar-refractivity contribution in [2.24, 2.45) is 5.92 Å². The lowest BCUT2D eigenvalue weighted by atomic mass is 10.0. The maximum atomic E-state index is 3.64. The molecule has 0 amide bonds. The molecule has 60 valence electrons. The van der Waals surface area contributed by atoms with Crippen molar-refractivity contribution < 1.29 is 0 Å².